The molecule has 2 rings (SSSR count). The maximum Gasteiger partial charge on any atom is 0.251 e. The van der Waals surface area contributed by atoms with Gasteiger partial charge in [0.1, 0.15) is 0 Å². The van der Waals surface area contributed by atoms with Gasteiger partial charge in [-0.3, -0.25) is 9.59 Å². The Hall–Kier alpha value is -3.45. The van der Waals surface area contributed by atoms with Gasteiger partial charge in [0.05, 0.1) is 5.71 Å². The predicted molar refractivity (Wildman–Crippen MR) is 120 cm³/mol. The normalized spacial score (nSPS) is 11.3. The zero-order valence-electron chi connectivity index (χ0n) is 17.1. The Morgan fingerprint density at radius 3 is 2.57 bits per heavy atom. The third-order valence-electron chi connectivity index (χ3n) is 4.40. The third-order valence-corrected chi connectivity index (χ3v) is 4.40. The maximum atomic E-state index is 12.2. The second kappa shape index (κ2) is 12.9. The Bertz CT molecular complexity index is 876. The smallest absolute Gasteiger partial charge is 0.251 e. The number of nitrogens with zero attached hydrogens (tertiary/aromatic N) is 1. The Morgan fingerprint density at radius 2 is 1.87 bits per heavy atom. The van der Waals surface area contributed by atoms with E-state index in [1.807, 2.05) is 37.4 Å². The highest BCUT2D eigenvalue weighted by molar-refractivity contribution is 6.09. The minimum absolute atomic E-state index is 0.121. The lowest BCUT2D eigenvalue weighted by atomic mass is 10.1. The van der Waals surface area contributed by atoms with Gasteiger partial charge in [-0.1, -0.05) is 30.3 Å². The summed E-state index contributed by atoms with van der Waals surface area (Å²) in [5.41, 5.74) is 6.43. The fraction of sp³-hybridized carbons (Fsp3) is 0.261. The largest absolute Gasteiger partial charge is 0.396 e. The molecule has 0 aromatic heterocycles. The lowest BCUT2D eigenvalue weighted by Gasteiger charge is -2.06. The van der Waals surface area contributed by atoms with Crippen molar-refractivity contribution in [2.45, 2.75) is 19.3 Å². The maximum absolute atomic E-state index is 12.2. The van der Waals surface area contributed by atoms with Gasteiger partial charge in [0, 0.05) is 37.0 Å². The van der Waals surface area contributed by atoms with Crippen molar-refractivity contribution in [3.63, 3.8) is 0 Å². The minimum atomic E-state index is -0.163. The molecule has 4 N–H and O–H groups in total. The van der Waals surface area contributed by atoms with E-state index in [0.29, 0.717) is 37.1 Å². The molecular formula is C23H28N4O3. The second-order valence-electron chi connectivity index (χ2n) is 6.56. The van der Waals surface area contributed by atoms with Crippen LogP contribution in [0, 0.1) is 0 Å². The van der Waals surface area contributed by atoms with Gasteiger partial charge in [-0.05, 0) is 55.2 Å². The van der Waals surface area contributed by atoms with Gasteiger partial charge in [-0.2, -0.15) is 5.10 Å². The molecule has 7 nitrogen and oxygen atoms in total. The number of anilines is 1. The van der Waals surface area contributed by atoms with Gasteiger partial charge < -0.3 is 15.7 Å². The number of aliphatic hydroxyl groups excluding tert-OH is 1. The van der Waals surface area contributed by atoms with E-state index >= 15 is 0 Å². The summed E-state index contributed by atoms with van der Waals surface area (Å²) in [5, 5.41) is 18.8. The Labute approximate surface area is 176 Å². The molecule has 0 aliphatic carbocycles. The summed E-state index contributed by atoms with van der Waals surface area (Å²) in [5.74, 6) is -0.163. The molecule has 0 heterocycles. The van der Waals surface area contributed by atoms with Gasteiger partial charge >= 0.3 is 0 Å². The molecule has 158 valence electrons. The summed E-state index contributed by atoms with van der Waals surface area (Å²) in [6.07, 6.45) is 6.43. The number of carbonyl (C=O) groups excluding carboxylic acids is 2. The molecule has 0 spiro atoms. The van der Waals surface area contributed by atoms with Crippen LogP contribution in [0.5, 0.6) is 0 Å². The quantitative estimate of drug-likeness (QED) is 0.187. The fourth-order valence-corrected chi connectivity index (χ4v) is 2.79. The average molecular weight is 409 g/mol. The summed E-state index contributed by atoms with van der Waals surface area (Å²) in [7, 11) is 1.88. The van der Waals surface area contributed by atoms with Crippen LogP contribution in [0.2, 0.25) is 0 Å². The molecule has 0 aliphatic heterocycles. The van der Waals surface area contributed by atoms with Crippen molar-refractivity contribution in [3.05, 3.63) is 77.4 Å². The van der Waals surface area contributed by atoms with Gasteiger partial charge in [0.25, 0.3) is 5.91 Å². The summed E-state index contributed by atoms with van der Waals surface area (Å²) in [6, 6.07) is 15.1. The van der Waals surface area contributed by atoms with Crippen molar-refractivity contribution >= 4 is 23.7 Å². The van der Waals surface area contributed by atoms with Crippen LogP contribution in [-0.4, -0.2) is 43.3 Å². The van der Waals surface area contributed by atoms with Gasteiger partial charge in [-0.15, -0.1) is 0 Å². The van der Waals surface area contributed by atoms with Crippen LogP contribution in [0.1, 0.15) is 34.3 Å². The highest BCUT2D eigenvalue weighted by Gasteiger charge is 2.06. The molecule has 30 heavy (non-hydrogen) atoms. The van der Waals surface area contributed by atoms with Crippen LogP contribution in [0.3, 0.4) is 0 Å². The topological polar surface area (TPSA) is 103 Å². The molecular weight excluding hydrogens is 380 g/mol. The Balaban J connectivity index is 2.05. The van der Waals surface area contributed by atoms with Crippen LogP contribution in [-0.2, 0) is 11.2 Å². The van der Waals surface area contributed by atoms with Crippen LogP contribution < -0.4 is 16.1 Å². The number of hydrogen-bond acceptors (Lipinski definition) is 5. The molecule has 0 saturated carbocycles. The minimum Gasteiger partial charge on any atom is -0.396 e. The fourth-order valence-electron chi connectivity index (χ4n) is 2.79. The zero-order valence-corrected chi connectivity index (χ0v) is 17.1. The molecule has 0 radical (unpaired) electrons. The summed E-state index contributed by atoms with van der Waals surface area (Å²) >= 11 is 0. The van der Waals surface area contributed by atoms with E-state index in [9.17, 15) is 9.59 Å². The van der Waals surface area contributed by atoms with E-state index in [-0.39, 0.29) is 12.5 Å². The number of allylic oxidation sites excluding steroid dienone is 2. The SMILES string of the molecule is CNc1cccc(C/C=C\C(=N/NC=O)c2ccc(C(=O)NCCCCO)cc2)c1. The number of carbonyl (C=O) groups is 2. The molecule has 0 aliphatic rings. The van der Waals surface area contributed by atoms with Crippen molar-refractivity contribution in [1.82, 2.24) is 10.7 Å². The Morgan fingerprint density at radius 1 is 1.10 bits per heavy atom. The second-order valence-corrected chi connectivity index (χ2v) is 6.56. The van der Waals surface area contributed by atoms with Crippen molar-refractivity contribution in [2.75, 3.05) is 25.5 Å². The molecule has 0 atom stereocenters. The zero-order chi connectivity index (χ0) is 21.6. The van der Waals surface area contributed by atoms with E-state index < -0.39 is 0 Å². The van der Waals surface area contributed by atoms with Crippen molar-refractivity contribution < 1.29 is 14.7 Å². The van der Waals surface area contributed by atoms with Gasteiger partial charge in [-0.25, -0.2) is 5.43 Å². The third kappa shape index (κ3) is 7.52. The number of hydrazone groups is 1. The molecule has 2 aromatic carbocycles. The summed E-state index contributed by atoms with van der Waals surface area (Å²) in [4.78, 5) is 22.8. The van der Waals surface area contributed by atoms with E-state index in [1.54, 1.807) is 24.3 Å². The van der Waals surface area contributed by atoms with Crippen molar-refractivity contribution in [2.24, 2.45) is 5.10 Å². The van der Waals surface area contributed by atoms with E-state index in [0.717, 1.165) is 23.2 Å². The molecule has 0 saturated heterocycles. The number of hydrogen-bond donors (Lipinski definition) is 4. The van der Waals surface area contributed by atoms with Crippen LogP contribution in [0.4, 0.5) is 5.69 Å². The summed E-state index contributed by atoms with van der Waals surface area (Å²) in [6.45, 7) is 0.643. The first-order valence-electron chi connectivity index (χ1n) is 9.87. The number of rotatable bonds is 12. The molecule has 0 bridgehead atoms. The highest BCUT2D eigenvalue weighted by atomic mass is 16.3. The molecule has 2 amide bonds. The van der Waals surface area contributed by atoms with Crippen LogP contribution in [0.25, 0.3) is 0 Å². The average Bonchev–Trinajstić information content (AvgIpc) is 2.79. The van der Waals surface area contributed by atoms with Crippen molar-refractivity contribution in [1.29, 1.82) is 0 Å². The predicted octanol–water partition coefficient (Wildman–Crippen LogP) is 2.48. The first kappa shape index (κ1) is 22.8. The van der Waals surface area contributed by atoms with Crippen molar-refractivity contribution in [3.8, 4) is 0 Å². The first-order chi connectivity index (χ1) is 14.7. The van der Waals surface area contributed by atoms with E-state index in [1.165, 1.54) is 0 Å². The van der Waals surface area contributed by atoms with Crippen LogP contribution >= 0.6 is 0 Å². The van der Waals surface area contributed by atoms with Gasteiger partial charge in [0.15, 0.2) is 0 Å². The number of aliphatic hydroxyl groups is 1. The monoisotopic (exact) mass is 408 g/mol. The molecule has 0 fully saturated rings. The van der Waals surface area contributed by atoms with Gasteiger partial charge in [0.2, 0.25) is 6.41 Å². The highest BCUT2D eigenvalue weighted by Crippen LogP contribution is 2.12. The molecule has 7 heteroatoms. The lowest BCUT2D eigenvalue weighted by Crippen LogP contribution is -2.24. The summed E-state index contributed by atoms with van der Waals surface area (Å²) < 4.78 is 0. The standard InChI is InChI=1S/C23H28N4O3/c1-24-21-8-4-6-18(16-21)7-5-9-22(27-26-17-29)19-10-12-20(13-11-19)23(30)25-14-2-3-15-28/h4-6,8-13,16-17,24,28H,2-3,7,14-15H2,1H3,(H,25,30)(H,26,29)/b9-5-,27-22+. The molecule has 2 aromatic rings. The van der Waals surface area contributed by atoms with Crippen LogP contribution in [0.15, 0.2) is 65.8 Å². The first-order valence-corrected chi connectivity index (χ1v) is 9.87. The van der Waals surface area contributed by atoms with E-state index in [2.05, 4.69) is 27.2 Å². The number of nitrogens with one attached hydrogen (secondary N) is 3. The molecule has 0 unspecified atom stereocenters. The Kier molecular flexibility index (Phi) is 9.82. The van der Waals surface area contributed by atoms with E-state index in [4.69, 9.17) is 5.11 Å². The number of benzene rings is 2. The number of unbranched alkanes of at least 4 members (excludes halogenated alkanes) is 1. The lowest BCUT2D eigenvalue weighted by molar-refractivity contribution is -0.109. The number of amides is 2.